The van der Waals surface area contributed by atoms with Gasteiger partial charge in [-0.2, -0.15) is 0 Å². The van der Waals surface area contributed by atoms with E-state index in [-0.39, 0.29) is 18.2 Å². The van der Waals surface area contributed by atoms with Gasteiger partial charge in [0.05, 0.1) is 0 Å². The molecule has 2 heterocycles. The van der Waals surface area contributed by atoms with Crippen LogP contribution < -0.4 is 0 Å². The fraction of sp³-hybridized carbons (Fsp3) is 0. The molecule has 0 atom stereocenters. The fourth-order valence-corrected chi connectivity index (χ4v) is 2.53. The van der Waals surface area contributed by atoms with E-state index in [1.807, 2.05) is 30.3 Å². The third kappa shape index (κ3) is 2.92. The van der Waals surface area contributed by atoms with Gasteiger partial charge < -0.3 is 0 Å². The normalized spacial score (nSPS) is 9.80. The summed E-state index contributed by atoms with van der Waals surface area (Å²) in [7, 11) is 0. The Morgan fingerprint density at radius 3 is 2.40 bits per heavy atom. The van der Waals surface area contributed by atoms with Crippen molar-refractivity contribution >= 4 is 29.5 Å². The van der Waals surface area contributed by atoms with Crippen LogP contribution >= 0.6 is 23.7 Å². The smallest absolute Gasteiger partial charge is 0.230 e. The monoisotopic (exact) mass is 302 g/mol. The molecule has 2 aromatic heterocycles. The highest BCUT2D eigenvalue weighted by Crippen LogP contribution is 2.24. The van der Waals surface area contributed by atoms with Crippen LogP contribution in [0.25, 0.3) is 10.6 Å². The Bertz CT molecular complexity index is 698. The lowest BCUT2D eigenvalue weighted by Gasteiger charge is -1.96. The number of halogens is 1. The number of pyridine rings is 1. The van der Waals surface area contributed by atoms with Gasteiger partial charge in [-0.3, -0.25) is 9.78 Å². The molecule has 0 bridgehead atoms. The molecule has 0 radical (unpaired) electrons. The molecule has 1 aromatic carbocycles. The second-order valence-electron chi connectivity index (χ2n) is 3.95. The summed E-state index contributed by atoms with van der Waals surface area (Å²) in [6.45, 7) is 0. The molecule has 0 spiro atoms. The lowest BCUT2D eigenvalue weighted by Crippen LogP contribution is -2.03. The zero-order valence-corrected chi connectivity index (χ0v) is 12.0. The summed E-state index contributed by atoms with van der Waals surface area (Å²) in [4.78, 5) is 20.6. The molecule has 0 aliphatic rings. The van der Waals surface area contributed by atoms with Gasteiger partial charge in [-0.05, 0) is 12.1 Å². The summed E-state index contributed by atoms with van der Waals surface area (Å²) >= 11 is 1.47. The van der Waals surface area contributed by atoms with E-state index in [0.717, 1.165) is 10.6 Å². The number of hydrogen-bond donors (Lipinski definition) is 0. The third-order valence-corrected chi connectivity index (χ3v) is 3.55. The second kappa shape index (κ2) is 6.41. The summed E-state index contributed by atoms with van der Waals surface area (Å²) in [6.07, 6.45) is 1.61. The summed E-state index contributed by atoms with van der Waals surface area (Å²) in [6, 6.07) is 15.1. The van der Waals surface area contributed by atoms with E-state index in [1.165, 1.54) is 11.3 Å². The Morgan fingerprint density at radius 1 is 0.950 bits per heavy atom. The molecule has 0 unspecified atom stereocenters. The average Bonchev–Trinajstić information content (AvgIpc) is 2.98. The van der Waals surface area contributed by atoms with Gasteiger partial charge in [0.1, 0.15) is 16.4 Å². The molecule has 0 fully saturated rings. The maximum absolute atomic E-state index is 12.2. The minimum Gasteiger partial charge on any atom is -0.285 e. The quantitative estimate of drug-likeness (QED) is 0.690. The zero-order chi connectivity index (χ0) is 13.1. The first kappa shape index (κ1) is 14.4. The molecule has 0 saturated carbocycles. The molecular weight excluding hydrogens is 292 g/mol. The summed E-state index contributed by atoms with van der Waals surface area (Å²) < 4.78 is 0. The second-order valence-corrected chi connectivity index (χ2v) is 4.81. The SMILES string of the molecule is Cl.O=C(c1ccccn1)c1csc(-c2ccccc2)n1. The predicted octanol–water partition coefficient (Wildman–Crippen LogP) is 3.86. The van der Waals surface area contributed by atoms with Crippen molar-refractivity contribution in [3.8, 4) is 10.6 Å². The molecule has 20 heavy (non-hydrogen) atoms. The Hall–Kier alpha value is -2.04. The largest absolute Gasteiger partial charge is 0.285 e. The standard InChI is InChI=1S/C15H10N2OS.ClH/c18-14(12-8-4-5-9-16-12)13-10-19-15(17-13)11-6-2-1-3-7-11;/h1-10H;1H. The van der Waals surface area contributed by atoms with Gasteiger partial charge in [0, 0.05) is 17.1 Å². The van der Waals surface area contributed by atoms with Gasteiger partial charge >= 0.3 is 0 Å². The number of carbonyl (C=O) groups excluding carboxylic acids is 1. The Morgan fingerprint density at radius 2 is 1.70 bits per heavy atom. The van der Waals surface area contributed by atoms with Crippen molar-refractivity contribution < 1.29 is 4.79 Å². The van der Waals surface area contributed by atoms with E-state index in [2.05, 4.69) is 9.97 Å². The van der Waals surface area contributed by atoms with Crippen molar-refractivity contribution in [2.45, 2.75) is 0 Å². The number of carbonyl (C=O) groups is 1. The molecule has 0 saturated heterocycles. The van der Waals surface area contributed by atoms with E-state index in [0.29, 0.717) is 11.4 Å². The maximum Gasteiger partial charge on any atom is 0.230 e. The molecule has 0 aliphatic heterocycles. The van der Waals surface area contributed by atoms with Crippen LogP contribution in [0.2, 0.25) is 0 Å². The van der Waals surface area contributed by atoms with Gasteiger partial charge in [-0.1, -0.05) is 36.4 Å². The van der Waals surface area contributed by atoms with Crippen LogP contribution in [-0.2, 0) is 0 Å². The number of rotatable bonds is 3. The third-order valence-electron chi connectivity index (χ3n) is 2.66. The Kier molecular flexibility index (Phi) is 4.61. The van der Waals surface area contributed by atoms with Crippen molar-refractivity contribution in [1.29, 1.82) is 0 Å². The highest BCUT2D eigenvalue weighted by Gasteiger charge is 2.14. The lowest BCUT2D eigenvalue weighted by molar-refractivity contribution is 0.103. The fourth-order valence-electron chi connectivity index (χ4n) is 1.72. The molecule has 0 amide bonds. The number of thiazole rings is 1. The highest BCUT2D eigenvalue weighted by molar-refractivity contribution is 7.13. The van der Waals surface area contributed by atoms with Gasteiger partial charge in [0.15, 0.2) is 0 Å². The number of aromatic nitrogens is 2. The van der Waals surface area contributed by atoms with Gasteiger partial charge in [-0.25, -0.2) is 4.98 Å². The van der Waals surface area contributed by atoms with Crippen LogP contribution in [0.1, 0.15) is 16.2 Å². The predicted molar refractivity (Wildman–Crippen MR) is 82.5 cm³/mol. The van der Waals surface area contributed by atoms with Gasteiger partial charge in [0.2, 0.25) is 5.78 Å². The van der Waals surface area contributed by atoms with E-state index in [1.54, 1.807) is 29.8 Å². The number of benzene rings is 1. The molecule has 0 aliphatic carbocycles. The van der Waals surface area contributed by atoms with Crippen LogP contribution in [-0.4, -0.2) is 15.8 Å². The molecule has 0 N–H and O–H groups in total. The number of ketones is 1. The van der Waals surface area contributed by atoms with E-state index in [9.17, 15) is 4.79 Å². The molecule has 3 rings (SSSR count). The van der Waals surface area contributed by atoms with Crippen LogP contribution in [0.5, 0.6) is 0 Å². The Labute approximate surface area is 126 Å². The molecule has 3 nitrogen and oxygen atoms in total. The van der Waals surface area contributed by atoms with Crippen LogP contribution in [0, 0.1) is 0 Å². The first-order chi connectivity index (χ1) is 9.34. The van der Waals surface area contributed by atoms with Gasteiger partial charge in [0.25, 0.3) is 0 Å². The molecule has 5 heteroatoms. The van der Waals surface area contributed by atoms with Crippen molar-refractivity contribution in [2.75, 3.05) is 0 Å². The Balaban J connectivity index is 0.00000147. The molecule has 3 aromatic rings. The van der Waals surface area contributed by atoms with Crippen molar-refractivity contribution in [3.63, 3.8) is 0 Å². The van der Waals surface area contributed by atoms with E-state index < -0.39 is 0 Å². The maximum atomic E-state index is 12.2. The lowest BCUT2D eigenvalue weighted by atomic mass is 10.2. The van der Waals surface area contributed by atoms with Crippen LogP contribution in [0.4, 0.5) is 0 Å². The minimum absolute atomic E-state index is 0. The topological polar surface area (TPSA) is 42.9 Å². The van der Waals surface area contributed by atoms with Crippen molar-refractivity contribution in [3.05, 3.63) is 71.5 Å². The average molecular weight is 303 g/mol. The van der Waals surface area contributed by atoms with E-state index >= 15 is 0 Å². The zero-order valence-electron chi connectivity index (χ0n) is 10.4. The summed E-state index contributed by atoms with van der Waals surface area (Å²) in [5, 5.41) is 2.62. The first-order valence-corrected chi connectivity index (χ1v) is 6.69. The van der Waals surface area contributed by atoms with Crippen molar-refractivity contribution in [2.24, 2.45) is 0 Å². The van der Waals surface area contributed by atoms with Gasteiger partial charge in [-0.15, -0.1) is 23.7 Å². The first-order valence-electron chi connectivity index (χ1n) is 5.81. The van der Waals surface area contributed by atoms with Crippen molar-refractivity contribution in [1.82, 2.24) is 9.97 Å². The van der Waals surface area contributed by atoms with Crippen LogP contribution in [0.3, 0.4) is 0 Å². The highest BCUT2D eigenvalue weighted by atomic mass is 35.5. The number of hydrogen-bond acceptors (Lipinski definition) is 4. The summed E-state index contributed by atoms with van der Waals surface area (Å²) in [5.41, 5.74) is 1.89. The number of nitrogens with zero attached hydrogens (tertiary/aromatic N) is 2. The molecular formula is C15H11ClN2OS. The van der Waals surface area contributed by atoms with Crippen LogP contribution in [0.15, 0.2) is 60.1 Å². The minimum atomic E-state index is -0.140. The van der Waals surface area contributed by atoms with E-state index in [4.69, 9.17) is 0 Å². The molecule has 100 valence electrons. The summed E-state index contributed by atoms with van der Waals surface area (Å²) in [5.74, 6) is -0.140.